The Kier molecular flexibility index (Phi) is 5.50. The number of hydrogen-bond acceptors (Lipinski definition) is 5. The van der Waals surface area contributed by atoms with Crippen molar-refractivity contribution in [2.45, 2.75) is 0 Å². The zero-order valence-corrected chi connectivity index (χ0v) is 17.1. The van der Waals surface area contributed by atoms with Crippen LogP contribution in [0.25, 0.3) is 22.2 Å². The van der Waals surface area contributed by atoms with Gasteiger partial charge >= 0.3 is 0 Å². The number of nitrogens with zero attached hydrogens (tertiary/aromatic N) is 2. The zero-order valence-electron chi connectivity index (χ0n) is 16.3. The molecule has 30 heavy (non-hydrogen) atoms. The minimum atomic E-state index is -0.307. The van der Waals surface area contributed by atoms with E-state index in [2.05, 4.69) is 15.3 Å². The van der Waals surface area contributed by atoms with Crippen LogP contribution in [-0.4, -0.2) is 30.1 Å². The largest absolute Gasteiger partial charge is 0.495 e. The van der Waals surface area contributed by atoms with Gasteiger partial charge in [0.05, 0.1) is 41.7 Å². The number of ether oxygens (including phenoxy) is 2. The third-order valence-electron chi connectivity index (χ3n) is 4.64. The molecule has 4 aromatic rings. The molecule has 0 spiro atoms. The first-order chi connectivity index (χ1) is 14.6. The van der Waals surface area contributed by atoms with E-state index in [0.29, 0.717) is 39.0 Å². The van der Waals surface area contributed by atoms with Crippen LogP contribution in [0.3, 0.4) is 0 Å². The Hall–Kier alpha value is -3.64. The van der Waals surface area contributed by atoms with Gasteiger partial charge in [-0.3, -0.25) is 9.78 Å². The molecule has 0 atom stereocenters. The minimum Gasteiger partial charge on any atom is -0.495 e. The highest BCUT2D eigenvalue weighted by atomic mass is 35.5. The van der Waals surface area contributed by atoms with E-state index in [9.17, 15) is 4.79 Å². The molecule has 1 amide bonds. The smallest absolute Gasteiger partial charge is 0.256 e. The predicted molar refractivity (Wildman–Crippen MR) is 117 cm³/mol. The molecule has 0 bridgehead atoms. The lowest BCUT2D eigenvalue weighted by Gasteiger charge is -2.14. The number of para-hydroxylation sites is 1. The van der Waals surface area contributed by atoms with Crippen molar-refractivity contribution in [3.05, 3.63) is 77.6 Å². The summed E-state index contributed by atoms with van der Waals surface area (Å²) in [5, 5.41) is 4.00. The SMILES string of the molecule is COc1cc(OC)c(NC(=O)c2cc(-c3cccnc3)nc3ccccc23)cc1Cl. The second kappa shape index (κ2) is 8.39. The zero-order chi connectivity index (χ0) is 21.1. The van der Waals surface area contributed by atoms with Crippen molar-refractivity contribution in [3.8, 4) is 22.8 Å². The summed E-state index contributed by atoms with van der Waals surface area (Å²) in [6.45, 7) is 0. The average Bonchev–Trinajstić information content (AvgIpc) is 2.79. The summed E-state index contributed by atoms with van der Waals surface area (Å²) in [5.74, 6) is 0.591. The Morgan fingerprint density at radius 2 is 1.80 bits per heavy atom. The predicted octanol–water partition coefficient (Wildman–Crippen LogP) is 5.22. The van der Waals surface area contributed by atoms with Gasteiger partial charge in [-0.15, -0.1) is 0 Å². The Balaban J connectivity index is 1.79. The summed E-state index contributed by atoms with van der Waals surface area (Å²) >= 11 is 6.24. The molecule has 0 fully saturated rings. The van der Waals surface area contributed by atoms with Crippen LogP contribution in [0.15, 0.2) is 67.0 Å². The van der Waals surface area contributed by atoms with Crippen molar-refractivity contribution in [3.63, 3.8) is 0 Å². The van der Waals surface area contributed by atoms with Crippen molar-refractivity contribution in [2.24, 2.45) is 0 Å². The molecular formula is C23H18ClN3O3. The van der Waals surface area contributed by atoms with Gasteiger partial charge in [0, 0.05) is 29.4 Å². The molecule has 2 aromatic carbocycles. The van der Waals surface area contributed by atoms with Crippen LogP contribution in [0.2, 0.25) is 5.02 Å². The third kappa shape index (κ3) is 3.77. The van der Waals surface area contributed by atoms with Crippen molar-refractivity contribution in [1.82, 2.24) is 9.97 Å². The minimum absolute atomic E-state index is 0.307. The molecule has 0 saturated carbocycles. The maximum atomic E-state index is 13.3. The van der Waals surface area contributed by atoms with Crippen LogP contribution in [-0.2, 0) is 0 Å². The van der Waals surface area contributed by atoms with Gasteiger partial charge in [0.1, 0.15) is 11.5 Å². The lowest BCUT2D eigenvalue weighted by Crippen LogP contribution is -2.14. The molecular weight excluding hydrogens is 402 g/mol. The maximum absolute atomic E-state index is 13.3. The van der Waals surface area contributed by atoms with Crippen LogP contribution in [0.1, 0.15) is 10.4 Å². The Morgan fingerprint density at radius 3 is 2.53 bits per heavy atom. The average molecular weight is 420 g/mol. The molecule has 0 aliphatic rings. The van der Waals surface area contributed by atoms with Gasteiger partial charge in [0.2, 0.25) is 0 Å². The number of anilines is 1. The van der Waals surface area contributed by atoms with E-state index >= 15 is 0 Å². The number of carbonyl (C=O) groups excluding carboxylic acids is 1. The number of fused-ring (bicyclic) bond motifs is 1. The van der Waals surface area contributed by atoms with Gasteiger partial charge in [-0.1, -0.05) is 29.8 Å². The van der Waals surface area contributed by atoms with E-state index in [4.69, 9.17) is 21.1 Å². The summed E-state index contributed by atoms with van der Waals surface area (Å²) < 4.78 is 10.6. The van der Waals surface area contributed by atoms with E-state index in [0.717, 1.165) is 10.9 Å². The molecule has 0 radical (unpaired) electrons. The monoisotopic (exact) mass is 419 g/mol. The number of methoxy groups -OCH3 is 2. The molecule has 7 heteroatoms. The number of amides is 1. The Bertz CT molecular complexity index is 1230. The first-order valence-electron chi connectivity index (χ1n) is 9.13. The number of halogens is 1. The molecule has 0 aliphatic carbocycles. The number of benzene rings is 2. The van der Waals surface area contributed by atoms with Crippen LogP contribution in [0, 0.1) is 0 Å². The van der Waals surface area contributed by atoms with Gasteiger partial charge in [-0.05, 0) is 30.3 Å². The molecule has 1 N–H and O–H groups in total. The molecule has 0 unspecified atom stereocenters. The number of rotatable bonds is 5. The van der Waals surface area contributed by atoms with E-state index in [1.165, 1.54) is 14.2 Å². The first kappa shape index (κ1) is 19.7. The van der Waals surface area contributed by atoms with Crippen molar-refractivity contribution in [2.75, 3.05) is 19.5 Å². The van der Waals surface area contributed by atoms with Gasteiger partial charge < -0.3 is 14.8 Å². The van der Waals surface area contributed by atoms with Crippen molar-refractivity contribution >= 4 is 34.1 Å². The lowest BCUT2D eigenvalue weighted by molar-refractivity contribution is 0.102. The quantitative estimate of drug-likeness (QED) is 0.480. The van der Waals surface area contributed by atoms with Crippen LogP contribution in [0.4, 0.5) is 5.69 Å². The van der Waals surface area contributed by atoms with E-state index in [1.54, 1.807) is 30.6 Å². The number of hydrogen-bond donors (Lipinski definition) is 1. The Morgan fingerprint density at radius 1 is 1.00 bits per heavy atom. The van der Waals surface area contributed by atoms with Crippen LogP contribution in [0.5, 0.6) is 11.5 Å². The fraction of sp³-hybridized carbons (Fsp3) is 0.0870. The van der Waals surface area contributed by atoms with E-state index < -0.39 is 0 Å². The second-order valence-corrected chi connectivity index (χ2v) is 6.86. The summed E-state index contributed by atoms with van der Waals surface area (Å²) in [7, 11) is 3.03. The highest BCUT2D eigenvalue weighted by Gasteiger charge is 2.17. The molecule has 2 heterocycles. The fourth-order valence-electron chi connectivity index (χ4n) is 3.17. The molecule has 150 valence electrons. The van der Waals surface area contributed by atoms with Crippen molar-refractivity contribution < 1.29 is 14.3 Å². The third-order valence-corrected chi connectivity index (χ3v) is 4.94. The standard InChI is InChI=1S/C23H18ClN3O3/c1-29-21-12-22(30-2)20(11-17(21)24)27-23(28)16-10-19(14-6-5-9-25-13-14)26-18-8-4-3-7-15(16)18/h3-13H,1-2H3,(H,27,28). The van der Waals surface area contributed by atoms with Gasteiger partial charge in [0.15, 0.2) is 0 Å². The van der Waals surface area contributed by atoms with Gasteiger partial charge in [-0.2, -0.15) is 0 Å². The summed E-state index contributed by atoms with van der Waals surface area (Å²) in [6.07, 6.45) is 3.41. The molecule has 2 aromatic heterocycles. The second-order valence-electron chi connectivity index (χ2n) is 6.46. The highest BCUT2D eigenvalue weighted by Crippen LogP contribution is 2.36. The maximum Gasteiger partial charge on any atom is 0.256 e. The topological polar surface area (TPSA) is 73.3 Å². The van der Waals surface area contributed by atoms with Gasteiger partial charge in [-0.25, -0.2) is 4.98 Å². The number of aromatic nitrogens is 2. The highest BCUT2D eigenvalue weighted by molar-refractivity contribution is 6.32. The summed E-state index contributed by atoms with van der Waals surface area (Å²) in [4.78, 5) is 22.1. The fourth-order valence-corrected chi connectivity index (χ4v) is 3.41. The van der Waals surface area contributed by atoms with Gasteiger partial charge in [0.25, 0.3) is 5.91 Å². The number of carbonyl (C=O) groups is 1. The molecule has 4 rings (SSSR count). The Labute approximate surface area is 178 Å². The number of nitrogens with one attached hydrogen (secondary N) is 1. The van der Waals surface area contributed by atoms with Crippen molar-refractivity contribution in [1.29, 1.82) is 0 Å². The molecule has 6 nitrogen and oxygen atoms in total. The first-order valence-corrected chi connectivity index (χ1v) is 9.51. The molecule has 0 aliphatic heterocycles. The summed E-state index contributed by atoms with van der Waals surface area (Å²) in [5.41, 5.74) is 3.11. The number of pyridine rings is 2. The van der Waals surface area contributed by atoms with E-state index in [1.807, 2.05) is 36.4 Å². The lowest BCUT2D eigenvalue weighted by atomic mass is 10.0. The summed E-state index contributed by atoms with van der Waals surface area (Å²) in [6, 6.07) is 16.2. The van der Waals surface area contributed by atoms with Crippen LogP contribution < -0.4 is 14.8 Å². The van der Waals surface area contributed by atoms with Crippen LogP contribution >= 0.6 is 11.6 Å². The molecule has 0 saturated heterocycles. The normalized spacial score (nSPS) is 10.6. The van der Waals surface area contributed by atoms with E-state index in [-0.39, 0.29) is 5.91 Å².